The summed E-state index contributed by atoms with van der Waals surface area (Å²) in [6, 6.07) is 15.6. The molecule has 18 heavy (non-hydrogen) atoms. The fourth-order valence-corrected chi connectivity index (χ4v) is 2.97. The summed E-state index contributed by atoms with van der Waals surface area (Å²) in [5.41, 5.74) is 0. The first-order valence-corrected chi connectivity index (χ1v) is 7.37. The maximum absolute atomic E-state index is 11.4. The normalized spacial score (nSPS) is 11.2. The van der Waals surface area contributed by atoms with Crippen LogP contribution in [0.1, 0.15) is 0 Å². The van der Waals surface area contributed by atoms with E-state index in [1.807, 2.05) is 18.2 Å². The van der Waals surface area contributed by atoms with Crippen LogP contribution in [-0.2, 0) is 10.0 Å². The molecule has 2 aromatic carbocycles. The predicted molar refractivity (Wildman–Crippen MR) is 70.7 cm³/mol. The molecule has 0 aliphatic heterocycles. The molecule has 6 heteroatoms. The van der Waals surface area contributed by atoms with Crippen LogP contribution < -0.4 is 9.32 Å². The molecule has 0 fully saturated rings. The molecule has 0 saturated carbocycles. The van der Waals surface area contributed by atoms with Crippen LogP contribution in [0.4, 0.5) is 0 Å². The van der Waals surface area contributed by atoms with E-state index in [4.69, 9.17) is 9.32 Å². The average Bonchev–Trinajstić information content (AvgIpc) is 2.37. The number of rotatable bonds is 4. The molecule has 2 rings (SSSR count). The molecule has 2 N–H and O–H groups in total. The van der Waals surface area contributed by atoms with Crippen LogP contribution in [0.15, 0.2) is 64.4 Å². The van der Waals surface area contributed by atoms with Crippen LogP contribution in [0.3, 0.4) is 0 Å². The SMILES string of the molecule is NS(=O)(=O)c1ccccc1SOc1ccccc1. The van der Waals surface area contributed by atoms with E-state index in [2.05, 4.69) is 0 Å². The van der Waals surface area contributed by atoms with Crippen LogP contribution >= 0.6 is 12.0 Å². The molecule has 0 spiro atoms. The van der Waals surface area contributed by atoms with Crippen LogP contribution in [-0.4, -0.2) is 8.42 Å². The fraction of sp³-hybridized carbons (Fsp3) is 0. The molecular weight excluding hydrogens is 270 g/mol. The number of hydrogen-bond acceptors (Lipinski definition) is 4. The molecule has 0 aliphatic carbocycles. The largest absolute Gasteiger partial charge is 0.421 e. The number of para-hydroxylation sites is 1. The van der Waals surface area contributed by atoms with Crippen molar-refractivity contribution in [1.29, 1.82) is 0 Å². The lowest BCUT2D eigenvalue weighted by atomic mass is 10.3. The van der Waals surface area contributed by atoms with Crippen molar-refractivity contribution in [3.05, 3.63) is 54.6 Å². The number of benzene rings is 2. The third-order valence-electron chi connectivity index (χ3n) is 2.13. The van der Waals surface area contributed by atoms with Crippen molar-refractivity contribution in [3.63, 3.8) is 0 Å². The Balaban J connectivity index is 2.20. The summed E-state index contributed by atoms with van der Waals surface area (Å²) in [6.07, 6.45) is 0. The van der Waals surface area contributed by atoms with E-state index in [-0.39, 0.29) is 4.90 Å². The van der Waals surface area contributed by atoms with Crippen molar-refractivity contribution >= 4 is 22.1 Å². The van der Waals surface area contributed by atoms with Crippen LogP contribution in [0.25, 0.3) is 0 Å². The Kier molecular flexibility index (Phi) is 3.90. The highest BCUT2D eigenvalue weighted by Gasteiger charge is 2.14. The Labute approximate surface area is 110 Å². The molecule has 94 valence electrons. The Bertz CT molecular complexity index is 627. The summed E-state index contributed by atoms with van der Waals surface area (Å²) < 4.78 is 28.2. The summed E-state index contributed by atoms with van der Waals surface area (Å²) in [6.45, 7) is 0. The van der Waals surface area contributed by atoms with Crippen LogP contribution in [0, 0.1) is 0 Å². The van der Waals surface area contributed by atoms with Crippen molar-refractivity contribution in [2.75, 3.05) is 0 Å². The van der Waals surface area contributed by atoms with Gasteiger partial charge in [0.15, 0.2) is 0 Å². The minimum absolute atomic E-state index is 0.0610. The topological polar surface area (TPSA) is 69.4 Å². The second-order valence-corrected chi connectivity index (χ2v) is 5.77. The monoisotopic (exact) mass is 281 g/mol. The summed E-state index contributed by atoms with van der Waals surface area (Å²) >= 11 is 0.968. The number of nitrogens with two attached hydrogens (primary N) is 1. The van der Waals surface area contributed by atoms with Gasteiger partial charge in [0, 0.05) is 0 Å². The van der Waals surface area contributed by atoms with Crippen molar-refractivity contribution in [2.45, 2.75) is 9.79 Å². The maximum atomic E-state index is 11.4. The summed E-state index contributed by atoms with van der Waals surface area (Å²) in [4.78, 5) is 0.523. The van der Waals surface area contributed by atoms with Crippen molar-refractivity contribution < 1.29 is 12.6 Å². The van der Waals surface area contributed by atoms with Crippen molar-refractivity contribution in [3.8, 4) is 5.75 Å². The highest BCUT2D eigenvalue weighted by atomic mass is 32.2. The molecular formula is C12H11NO3S2. The van der Waals surface area contributed by atoms with E-state index in [0.29, 0.717) is 10.6 Å². The molecule has 0 saturated heterocycles. The van der Waals surface area contributed by atoms with Crippen LogP contribution in [0.5, 0.6) is 5.75 Å². The van der Waals surface area contributed by atoms with Crippen LogP contribution in [0.2, 0.25) is 0 Å². The van der Waals surface area contributed by atoms with Gasteiger partial charge in [-0.2, -0.15) is 0 Å². The standard InChI is InChI=1S/C12H11NO3S2/c13-18(14,15)12-9-5-4-8-11(12)17-16-10-6-2-1-3-7-10/h1-9H,(H2,13,14,15). The summed E-state index contributed by atoms with van der Waals surface area (Å²) in [7, 11) is -3.74. The average molecular weight is 281 g/mol. The maximum Gasteiger partial charge on any atom is 0.239 e. The summed E-state index contributed by atoms with van der Waals surface area (Å²) in [5, 5.41) is 5.13. The second kappa shape index (κ2) is 5.43. The van der Waals surface area contributed by atoms with E-state index >= 15 is 0 Å². The first-order valence-electron chi connectivity index (χ1n) is 5.09. The van der Waals surface area contributed by atoms with E-state index in [1.165, 1.54) is 6.07 Å². The minimum Gasteiger partial charge on any atom is -0.421 e. The van der Waals surface area contributed by atoms with Gasteiger partial charge < -0.3 is 4.18 Å². The zero-order chi connectivity index (χ0) is 13.0. The van der Waals surface area contributed by atoms with Gasteiger partial charge in [0.25, 0.3) is 0 Å². The molecule has 4 nitrogen and oxygen atoms in total. The van der Waals surface area contributed by atoms with Gasteiger partial charge in [0.05, 0.1) is 21.8 Å². The molecule has 0 radical (unpaired) electrons. The van der Waals surface area contributed by atoms with Gasteiger partial charge in [-0.15, -0.1) is 0 Å². The molecule has 0 aliphatic rings. The van der Waals surface area contributed by atoms with Crippen molar-refractivity contribution in [2.24, 2.45) is 5.14 Å². The van der Waals surface area contributed by atoms with Gasteiger partial charge in [0.1, 0.15) is 5.75 Å². The first kappa shape index (κ1) is 12.9. The molecule has 0 heterocycles. The van der Waals surface area contributed by atoms with Crippen molar-refractivity contribution in [1.82, 2.24) is 0 Å². The smallest absolute Gasteiger partial charge is 0.239 e. The van der Waals surface area contributed by atoms with Gasteiger partial charge in [-0.1, -0.05) is 30.3 Å². The lowest BCUT2D eigenvalue weighted by molar-refractivity contribution is 0.594. The molecule has 0 unspecified atom stereocenters. The van der Waals surface area contributed by atoms with Gasteiger partial charge in [-0.3, -0.25) is 0 Å². The first-order chi connectivity index (χ1) is 8.57. The molecule has 0 atom stereocenters. The third kappa shape index (κ3) is 3.25. The lowest BCUT2D eigenvalue weighted by Crippen LogP contribution is -2.13. The Morgan fingerprint density at radius 2 is 1.56 bits per heavy atom. The highest BCUT2D eigenvalue weighted by Crippen LogP contribution is 2.28. The third-order valence-corrected chi connectivity index (χ3v) is 4.04. The Morgan fingerprint density at radius 3 is 2.22 bits per heavy atom. The zero-order valence-electron chi connectivity index (χ0n) is 9.31. The van der Waals surface area contributed by atoms with Gasteiger partial charge in [-0.25, -0.2) is 13.6 Å². The Morgan fingerprint density at radius 1 is 0.944 bits per heavy atom. The fourth-order valence-electron chi connectivity index (χ4n) is 1.32. The molecule has 0 amide bonds. The Hall–Kier alpha value is -1.50. The quantitative estimate of drug-likeness (QED) is 0.874. The molecule has 2 aromatic rings. The minimum atomic E-state index is -3.74. The van der Waals surface area contributed by atoms with E-state index < -0.39 is 10.0 Å². The van der Waals surface area contributed by atoms with E-state index in [0.717, 1.165) is 12.0 Å². The van der Waals surface area contributed by atoms with Gasteiger partial charge in [-0.05, 0) is 24.3 Å². The predicted octanol–water partition coefficient (Wildman–Crippen LogP) is 2.42. The molecule has 0 bridgehead atoms. The number of primary sulfonamides is 1. The second-order valence-electron chi connectivity index (χ2n) is 3.47. The lowest BCUT2D eigenvalue weighted by Gasteiger charge is -2.07. The zero-order valence-corrected chi connectivity index (χ0v) is 10.9. The molecule has 0 aromatic heterocycles. The van der Waals surface area contributed by atoms with E-state index in [1.54, 1.807) is 30.3 Å². The van der Waals surface area contributed by atoms with Gasteiger partial charge >= 0.3 is 0 Å². The van der Waals surface area contributed by atoms with Gasteiger partial charge in [0.2, 0.25) is 10.0 Å². The summed E-state index contributed by atoms with van der Waals surface area (Å²) in [5.74, 6) is 0.645. The van der Waals surface area contributed by atoms with E-state index in [9.17, 15) is 8.42 Å². The number of hydrogen-bond donors (Lipinski definition) is 1. The number of sulfonamides is 1. The highest BCUT2D eigenvalue weighted by molar-refractivity contribution is 7.96.